The number of carbonyl (C=O) groups excluding carboxylic acids is 2. The summed E-state index contributed by atoms with van der Waals surface area (Å²) in [6.45, 7) is 0.310. The molecule has 2 aromatic heterocycles. The monoisotopic (exact) mass is 445 g/mol. The van der Waals surface area contributed by atoms with E-state index in [1.165, 1.54) is 23.4 Å². The van der Waals surface area contributed by atoms with Gasteiger partial charge in [-0.2, -0.15) is 5.10 Å². The van der Waals surface area contributed by atoms with Crippen molar-refractivity contribution >= 4 is 17.6 Å². The van der Waals surface area contributed by atoms with E-state index in [1.807, 2.05) is 6.07 Å². The average molecular weight is 445 g/mol. The second-order valence-electron chi connectivity index (χ2n) is 6.99. The van der Waals surface area contributed by atoms with E-state index >= 15 is 0 Å². The van der Waals surface area contributed by atoms with Crippen LogP contribution in [0.2, 0.25) is 0 Å². The zero-order valence-electron chi connectivity index (χ0n) is 17.4. The van der Waals surface area contributed by atoms with E-state index in [1.54, 1.807) is 54.7 Å². The number of nitrogens with zero attached hydrogens (tertiary/aromatic N) is 4. The summed E-state index contributed by atoms with van der Waals surface area (Å²) in [6, 6.07) is 15.8. The number of aromatic nitrogens is 4. The summed E-state index contributed by atoms with van der Waals surface area (Å²) in [7, 11) is 0. The van der Waals surface area contributed by atoms with Crippen LogP contribution in [0, 0.1) is 5.82 Å². The Kier molecular flexibility index (Phi) is 6.64. The Bertz CT molecular complexity index is 1240. The standard InChI is InChI=1S/C23H20FN7O2/c24-20-6-2-1-4-17(20)12-27-22(32)16-7-9-19(10-8-16)30-23(33)28-13-18-5-3-11-26-21(18)31-15-25-14-29-31/h1-11,14-15H,12-13H2,(H,27,32)(H2,28,30,33). The van der Waals surface area contributed by atoms with Crippen molar-refractivity contribution < 1.29 is 14.0 Å². The normalized spacial score (nSPS) is 10.5. The number of benzene rings is 2. The Morgan fingerprint density at radius 2 is 1.67 bits per heavy atom. The third-order valence-corrected chi connectivity index (χ3v) is 4.74. The van der Waals surface area contributed by atoms with Gasteiger partial charge in [0.15, 0.2) is 5.82 Å². The third kappa shape index (κ3) is 5.56. The lowest BCUT2D eigenvalue weighted by Gasteiger charge is -2.11. The Morgan fingerprint density at radius 1 is 0.909 bits per heavy atom. The van der Waals surface area contributed by atoms with Gasteiger partial charge in [0.05, 0.1) is 0 Å². The maximum Gasteiger partial charge on any atom is 0.319 e. The van der Waals surface area contributed by atoms with Gasteiger partial charge < -0.3 is 16.0 Å². The van der Waals surface area contributed by atoms with Gasteiger partial charge in [-0.15, -0.1) is 0 Å². The molecule has 9 nitrogen and oxygen atoms in total. The number of nitrogens with one attached hydrogen (secondary N) is 3. The van der Waals surface area contributed by atoms with Crippen molar-refractivity contribution in [1.29, 1.82) is 0 Å². The van der Waals surface area contributed by atoms with Crippen LogP contribution in [0.25, 0.3) is 5.82 Å². The van der Waals surface area contributed by atoms with E-state index in [9.17, 15) is 14.0 Å². The first-order valence-corrected chi connectivity index (χ1v) is 10.1. The van der Waals surface area contributed by atoms with Crippen molar-refractivity contribution in [3.05, 3.63) is 102 Å². The van der Waals surface area contributed by atoms with Gasteiger partial charge in [0.1, 0.15) is 18.5 Å². The largest absolute Gasteiger partial charge is 0.348 e. The maximum absolute atomic E-state index is 13.7. The van der Waals surface area contributed by atoms with Crippen LogP contribution in [0.3, 0.4) is 0 Å². The summed E-state index contributed by atoms with van der Waals surface area (Å²) in [5.74, 6) is -0.143. The van der Waals surface area contributed by atoms with Gasteiger partial charge in [-0.3, -0.25) is 4.79 Å². The molecule has 0 atom stereocenters. The highest BCUT2D eigenvalue weighted by Crippen LogP contribution is 2.12. The third-order valence-electron chi connectivity index (χ3n) is 4.74. The predicted molar refractivity (Wildman–Crippen MR) is 119 cm³/mol. The van der Waals surface area contributed by atoms with Crippen LogP contribution in [0.1, 0.15) is 21.5 Å². The molecule has 0 aliphatic carbocycles. The smallest absolute Gasteiger partial charge is 0.319 e. The summed E-state index contributed by atoms with van der Waals surface area (Å²) in [5, 5.41) is 12.2. The van der Waals surface area contributed by atoms with Crippen LogP contribution in [0.4, 0.5) is 14.9 Å². The van der Waals surface area contributed by atoms with E-state index in [0.29, 0.717) is 22.6 Å². The van der Waals surface area contributed by atoms with Gasteiger partial charge >= 0.3 is 6.03 Å². The number of pyridine rings is 1. The molecule has 3 N–H and O–H groups in total. The first-order chi connectivity index (χ1) is 16.1. The molecule has 166 valence electrons. The molecule has 2 heterocycles. The Balaban J connectivity index is 1.30. The fraction of sp³-hybridized carbons (Fsp3) is 0.0870. The molecule has 3 amide bonds. The molecule has 33 heavy (non-hydrogen) atoms. The van der Waals surface area contributed by atoms with Gasteiger partial charge in [0.2, 0.25) is 0 Å². The molecular weight excluding hydrogens is 425 g/mol. The van der Waals surface area contributed by atoms with E-state index in [2.05, 4.69) is 31.0 Å². The number of hydrogen-bond acceptors (Lipinski definition) is 5. The average Bonchev–Trinajstić information content (AvgIpc) is 3.38. The number of carbonyl (C=O) groups is 2. The molecule has 4 aromatic rings. The second-order valence-corrected chi connectivity index (χ2v) is 6.99. The molecule has 0 aliphatic rings. The summed E-state index contributed by atoms with van der Waals surface area (Å²) in [4.78, 5) is 32.8. The first kappa shape index (κ1) is 21.6. The SMILES string of the molecule is O=C(NCc1cccnc1-n1cncn1)Nc1ccc(C(=O)NCc2ccccc2F)cc1. The Hall–Kier alpha value is -4.60. The van der Waals surface area contributed by atoms with Crippen LogP contribution < -0.4 is 16.0 Å². The molecule has 0 saturated heterocycles. The second kappa shape index (κ2) is 10.1. The van der Waals surface area contributed by atoms with Crippen molar-refractivity contribution in [2.45, 2.75) is 13.1 Å². The Morgan fingerprint density at radius 3 is 2.42 bits per heavy atom. The fourth-order valence-corrected chi connectivity index (χ4v) is 3.07. The molecule has 10 heteroatoms. The predicted octanol–water partition coefficient (Wildman–Crippen LogP) is 3.05. The van der Waals surface area contributed by atoms with E-state index in [0.717, 1.165) is 5.56 Å². The molecule has 2 aromatic carbocycles. The van der Waals surface area contributed by atoms with E-state index in [4.69, 9.17) is 0 Å². The van der Waals surface area contributed by atoms with Gasteiger partial charge in [-0.1, -0.05) is 24.3 Å². The molecule has 4 rings (SSSR count). The highest BCUT2D eigenvalue weighted by molar-refractivity contribution is 5.95. The van der Waals surface area contributed by atoms with Gasteiger partial charge in [0.25, 0.3) is 5.91 Å². The van der Waals surface area contributed by atoms with Gasteiger partial charge in [-0.25, -0.2) is 23.8 Å². The molecule has 0 bridgehead atoms. The van der Waals surface area contributed by atoms with E-state index in [-0.39, 0.29) is 24.8 Å². The quantitative estimate of drug-likeness (QED) is 0.405. The van der Waals surface area contributed by atoms with Gasteiger partial charge in [-0.05, 0) is 36.4 Å². The highest BCUT2D eigenvalue weighted by Gasteiger charge is 2.10. The van der Waals surface area contributed by atoms with E-state index < -0.39 is 6.03 Å². The molecule has 0 aliphatic heterocycles. The van der Waals surface area contributed by atoms with Crippen molar-refractivity contribution in [2.75, 3.05) is 5.32 Å². The minimum atomic E-state index is -0.417. The first-order valence-electron chi connectivity index (χ1n) is 10.1. The number of hydrogen-bond donors (Lipinski definition) is 3. The maximum atomic E-state index is 13.7. The molecular formula is C23H20FN7O2. The molecule has 0 spiro atoms. The van der Waals surface area contributed by atoms with Crippen LogP contribution in [-0.2, 0) is 13.1 Å². The zero-order valence-corrected chi connectivity index (χ0v) is 17.4. The van der Waals surface area contributed by atoms with Crippen LogP contribution in [-0.4, -0.2) is 31.7 Å². The molecule has 0 fully saturated rings. The van der Waals surface area contributed by atoms with Crippen LogP contribution in [0.5, 0.6) is 0 Å². The van der Waals surface area contributed by atoms with Gasteiger partial charge in [0, 0.05) is 41.7 Å². The minimum absolute atomic E-state index is 0.0822. The number of urea groups is 1. The lowest BCUT2D eigenvalue weighted by Crippen LogP contribution is -2.29. The van der Waals surface area contributed by atoms with Crippen molar-refractivity contribution in [3.63, 3.8) is 0 Å². The lowest BCUT2D eigenvalue weighted by molar-refractivity contribution is 0.0950. The topological polar surface area (TPSA) is 114 Å². The molecule has 0 radical (unpaired) electrons. The molecule has 0 unspecified atom stereocenters. The van der Waals surface area contributed by atoms with Crippen LogP contribution >= 0.6 is 0 Å². The molecule has 0 saturated carbocycles. The number of rotatable bonds is 7. The number of halogens is 1. The minimum Gasteiger partial charge on any atom is -0.348 e. The number of amides is 3. The fourth-order valence-electron chi connectivity index (χ4n) is 3.07. The Labute approximate surface area is 188 Å². The summed E-state index contributed by atoms with van der Waals surface area (Å²) >= 11 is 0. The van der Waals surface area contributed by atoms with Crippen molar-refractivity contribution in [2.24, 2.45) is 0 Å². The summed E-state index contributed by atoms with van der Waals surface area (Å²) in [6.07, 6.45) is 4.57. The highest BCUT2D eigenvalue weighted by atomic mass is 19.1. The lowest BCUT2D eigenvalue weighted by atomic mass is 10.1. The van der Waals surface area contributed by atoms with Crippen LogP contribution in [0.15, 0.2) is 79.5 Å². The number of anilines is 1. The van der Waals surface area contributed by atoms with Crippen molar-refractivity contribution in [1.82, 2.24) is 30.4 Å². The zero-order chi connectivity index (χ0) is 23.0. The summed E-state index contributed by atoms with van der Waals surface area (Å²) in [5.41, 5.74) is 2.08. The van der Waals surface area contributed by atoms with Crippen molar-refractivity contribution in [3.8, 4) is 5.82 Å². The summed E-state index contributed by atoms with van der Waals surface area (Å²) < 4.78 is 15.2.